The van der Waals surface area contributed by atoms with Crippen LogP contribution in [0.3, 0.4) is 0 Å². The number of halogens is 1. The molecule has 0 saturated carbocycles. The highest BCUT2D eigenvalue weighted by atomic mass is 19.1. The van der Waals surface area contributed by atoms with Crippen LogP contribution in [0.4, 0.5) is 4.39 Å². The highest BCUT2D eigenvalue weighted by molar-refractivity contribution is 5.98. The van der Waals surface area contributed by atoms with Gasteiger partial charge in [0.15, 0.2) is 0 Å². The Kier molecular flexibility index (Phi) is 6.37. The predicted molar refractivity (Wildman–Crippen MR) is 130 cm³/mol. The highest BCUT2D eigenvalue weighted by Gasteiger charge is 2.31. The van der Waals surface area contributed by atoms with Crippen molar-refractivity contribution in [2.24, 2.45) is 0 Å². The molecule has 2 saturated heterocycles. The summed E-state index contributed by atoms with van der Waals surface area (Å²) in [6.45, 7) is 6.73. The number of nitrogens with one attached hydrogen (secondary N) is 1. The standard InChI is InChI=1S/C27H31FN4O2/c1-19-4-5-21-18-25(29-24(21)17-19)27(34)32-11-2-3-23(32)10-12-30-13-15-31(16-14-30)26(33)20-6-8-22(28)9-7-20/h4-9,17-18,23,29H,2-3,10-16H2,1H3/t23-/m0/s1. The van der Waals surface area contributed by atoms with Crippen molar-refractivity contribution in [2.75, 3.05) is 39.3 Å². The number of likely N-dealkylation sites (tertiary alicyclic amines) is 1. The Bertz CT molecular complexity index is 1180. The summed E-state index contributed by atoms with van der Waals surface area (Å²) in [6.07, 6.45) is 3.01. The van der Waals surface area contributed by atoms with Crippen molar-refractivity contribution >= 4 is 22.7 Å². The van der Waals surface area contributed by atoms with Gasteiger partial charge in [-0.1, -0.05) is 12.1 Å². The van der Waals surface area contributed by atoms with Gasteiger partial charge in [-0.05, 0) is 68.1 Å². The molecule has 2 amide bonds. The summed E-state index contributed by atoms with van der Waals surface area (Å²) in [4.78, 5) is 35.5. The summed E-state index contributed by atoms with van der Waals surface area (Å²) >= 11 is 0. The van der Waals surface area contributed by atoms with Crippen LogP contribution in [-0.2, 0) is 0 Å². The molecule has 0 bridgehead atoms. The van der Waals surface area contributed by atoms with Gasteiger partial charge in [0.2, 0.25) is 0 Å². The van der Waals surface area contributed by atoms with E-state index in [1.165, 1.54) is 17.7 Å². The van der Waals surface area contributed by atoms with Gasteiger partial charge in [0.1, 0.15) is 11.5 Å². The number of nitrogens with zero attached hydrogens (tertiary/aromatic N) is 3. The van der Waals surface area contributed by atoms with Crippen molar-refractivity contribution in [1.82, 2.24) is 19.7 Å². The summed E-state index contributed by atoms with van der Waals surface area (Å²) in [6, 6.07) is 14.2. The average Bonchev–Trinajstić information content (AvgIpc) is 3.49. The summed E-state index contributed by atoms with van der Waals surface area (Å²) in [5.41, 5.74) is 3.38. The number of rotatable bonds is 5. The first-order chi connectivity index (χ1) is 16.5. The molecule has 178 valence electrons. The van der Waals surface area contributed by atoms with Crippen molar-refractivity contribution in [3.05, 3.63) is 71.2 Å². The van der Waals surface area contributed by atoms with Gasteiger partial charge in [0.05, 0.1) is 0 Å². The fraction of sp³-hybridized carbons (Fsp3) is 0.407. The highest BCUT2D eigenvalue weighted by Crippen LogP contribution is 2.25. The topological polar surface area (TPSA) is 59.7 Å². The zero-order chi connectivity index (χ0) is 23.7. The third-order valence-electron chi connectivity index (χ3n) is 7.18. The van der Waals surface area contributed by atoms with Crippen molar-refractivity contribution in [2.45, 2.75) is 32.2 Å². The van der Waals surface area contributed by atoms with Crippen LogP contribution in [-0.4, -0.2) is 76.8 Å². The van der Waals surface area contributed by atoms with Crippen LogP contribution in [0, 0.1) is 12.7 Å². The van der Waals surface area contributed by atoms with E-state index in [4.69, 9.17) is 0 Å². The predicted octanol–water partition coefficient (Wildman–Crippen LogP) is 4.07. The first kappa shape index (κ1) is 22.6. The molecule has 34 heavy (non-hydrogen) atoms. The fourth-order valence-corrected chi connectivity index (χ4v) is 5.20. The second kappa shape index (κ2) is 9.58. The maximum atomic E-state index is 13.3. The molecule has 1 atom stereocenters. The van der Waals surface area contributed by atoms with Crippen molar-refractivity contribution in [1.29, 1.82) is 0 Å². The van der Waals surface area contributed by atoms with E-state index in [1.54, 1.807) is 12.1 Å². The van der Waals surface area contributed by atoms with E-state index in [9.17, 15) is 14.0 Å². The van der Waals surface area contributed by atoms with Crippen LogP contribution >= 0.6 is 0 Å². The number of aromatic nitrogens is 1. The van der Waals surface area contributed by atoms with Gasteiger partial charge in [-0.25, -0.2) is 4.39 Å². The van der Waals surface area contributed by atoms with E-state index in [1.807, 2.05) is 15.9 Å². The molecule has 2 aliphatic rings. The Morgan fingerprint density at radius 3 is 2.50 bits per heavy atom. The monoisotopic (exact) mass is 462 g/mol. The van der Waals surface area contributed by atoms with E-state index >= 15 is 0 Å². The maximum Gasteiger partial charge on any atom is 0.270 e. The largest absolute Gasteiger partial charge is 0.351 e. The number of H-pyrrole nitrogens is 1. The molecule has 0 unspecified atom stereocenters. The first-order valence-electron chi connectivity index (χ1n) is 12.2. The number of aromatic amines is 1. The minimum absolute atomic E-state index is 0.0410. The Balaban J connectivity index is 1.14. The lowest BCUT2D eigenvalue weighted by Crippen LogP contribution is -2.49. The van der Waals surface area contributed by atoms with Crippen LogP contribution in [0.25, 0.3) is 10.9 Å². The second-order valence-corrected chi connectivity index (χ2v) is 9.50. The number of benzene rings is 2. The summed E-state index contributed by atoms with van der Waals surface area (Å²) in [7, 11) is 0. The molecule has 1 aromatic heterocycles. The van der Waals surface area contributed by atoms with Gasteiger partial charge < -0.3 is 14.8 Å². The van der Waals surface area contributed by atoms with Crippen molar-refractivity contribution < 1.29 is 14.0 Å². The van der Waals surface area contributed by atoms with Crippen molar-refractivity contribution in [3.8, 4) is 0 Å². The van der Waals surface area contributed by atoms with Gasteiger partial charge in [-0.3, -0.25) is 14.5 Å². The molecule has 7 heteroatoms. The normalized spacial score (nSPS) is 19.2. The molecule has 6 nitrogen and oxygen atoms in total. The van der Waals surface area contributed by atoms with E-state index in [2.05, 4.69) is 35.0 Å². The van der Waals surface area contributed by atoms with Gasteiger partial charge in [0, 0.05) is 61.8 Å². The molecule has 0 radical (unpaired) electrons. The molecular weight excluding hydrogens is 431 g/mol. The van der Waals surface area contributed by atoms with E-state index in [0.717, 1.165) is 56.3 Å². The van der Waals surface area contributed by atoms with Gasteiger partial charge in [-0.2, -0.15) is 0 Å². The molecule has 3 heterocycles. The van der Waals surface area contributed by atoms with Crippen LogP contribution < -0.4 is 0 Å². The Morgan fingerprint density at radius 1 is 0.971 bits per heavy atom. The molecule has 5 rings (SSSR count). The number of hydrogen-bond donors (Lipinski definition) is 1. The zero-order valence-corrected chi connectivity index (χ0v) is 19.6. The minimum Gasteiger partial charge on any atom is -0.351 e. The zero-order valence-electron chi connectivity index (χ0n) is 19.6. The van der Waals surface area contributed by atoms with E-state index in [0.29, 0.717) is 24.3 Å². The first-order valence-corrected chi connectivity index (χ1v) is 12.2. The molecule has 1 N–H and O–H groups in total. The van der Waals surface area contributed by atoms with Gasteiger partial charge in [-0.15, -0.1) is 0 Å². The maximum absolute atomic E-state index is 13.3. The Morgan fingerprint density at radius 2 is 1.74 bits per heavy atom. The Hall–Kier alpha value is -3.19. The quantitative estimate of drug-likeness (QED) is 0.622. The van der Waals surface area contributed by atoms with Crippen LogP contribution in [0.15, 0.2) is 48.5 Å². The summed E-state index contributed by atoms with van der Waals surface area (Å²) in [5.74, 6) is -0.285. The Labute approximate surface area is 199 Å². The second-order valence-electron chi connectivity index (χ2n) is 9.50. The molecule has 3 aromatic rings. The van der Waals surface area contributed by atoms with Crippen molar-refractivity contribution in [3.63, 3.8) is 0 Å². The minimum atomic E-state index is -0.333. The number of amides is 2. The third-order valence-corrected chi connectivity index (χ3v) is 7.18. The molecule has 2 aromatic carbocycles. The molecule has 2 aliphatic heterocycles. The lowest BCUT2D eigenvalue weighted by atomic mass is 10.1. The number of aryl methyl sites for hydroxylation is 1. The summed E-state index contributed by atoms with van der Waals surface area (Å²) in [5, 5.41) is 1.07. The van der Waals surface area contributed by atoms with Gasteiger partial charge >= 0.3 is 0 Å². The number of carbonyl (C=O) groups excluding carboxylic acids is 2. The number of piperazine rings is 1. The molecule has 0 aliphatic carbocycles. The van der Waals surface area contributed by atoms with Crippen LogP contribution in [0.5, 0.6) is 0 Å². The SMILES string of the molecule is Cc1ccc2cc(C(=O)N3CCC[C@H]3CCN3CCN(C(=O)c4ccc(F)cc4)CC3)[nH]c2c1. The van der Waals surface area contributed by atoms with E-state index < -0.39 is 0 Å². The lowest BCUT2D eigenvalue weighted by molar-refractivity contribution is 0.0605. The van der Waals surface area contributed by atoms with E-state index in [-0.39, 0.29) is 23.7 Å². The number of fused-ring (bicyclic) bond motifs is 1. The third kappa shape index (κ3) is 4.71. The average molecular weight is 463 g/mol. The molecule has 0 spiro atoms. The van der Waals surface area contributed by atoms with Gasteiger partial charge in [0.25, 0.3) is 11.8 Å². The molecular formula is C27H31FN4O2. The number of hydrogen-bond acceptors (Lipinski definition) is 3. The van der Waals surface area contributed by atoms with Crippen LogP contribution in [0.1, 0.15) is 45.7 Å². The molecule has 2 fully saturated rings. The van der Waals surface area contributed by atoms with Crippen LogP contribution in [0.2, 0.25) is 0 Å². The summed E-state index contributed by atoms with van der Waals surface area (Å²) < 4.78 is 13.1. The lowest BCUT2D eigenvalue weighted by Gasteiger charge is -2.36. The smallest absolute Gasteiger partial charge is 0.270 e. The fourth-order valence-electron chi connectivity index (χ4n) is 5.20. The number of carbonyl (C=O) groups is 2.